The Bertz CT molecular complexity index is 175. The lowest BCUT2D eigenvalue weighted by atomic mass is 9.97. The first-order valence-corrected chi connectivity index (χ1v) is 6.09. The minimum absolute atomic E-state index is 0.865. The lowest BCUT2D eigenvalue weighted by molar-refractivity contribution is 0.00750. The summed E-state index contributed by atoms with van der Waals surface area (Å²) in [5.74, 6) is 0.865. The molecular weight excluding hydrogens is 190 g/mol. The Morgan fingerprint density at radius 1 is 1.13 bits per heavy atom. The number of hydrogen-bond acceptors (Lipinski definition) is 4. The Hall–Kier alpha value is -0.160. The molecule has 0 atom stereocenters. The molecule has 2 rings (SSSR count). The summed E-state index contributed by atoms with van der Waals surface area (Å²) in [7, 11) is 2.21. The number of piperidine rings is 1. The van der Waals surface area contributed by atoms with E-state index in [1.165, 1.54) is 25.9 Å². The minimum atomic E-state index is 0.865. The highest BCUT2D eigenvalue weighted by molar-refractivity contribution is 4.71. The number of nitrogens with one attached hydrogen (secondary N) is 1. The van der Waals surface area contributed by atoms with Crippen molar-refractivity contribution in [2.24, 2.45) is 5.92 Å². The standard InChI is InChI=1S/C11H23N3O/c1-13-4-2-11(3-5-13)10-12-14-6-8-15-9-7-14/h11-12H,2-10H2,1H3. The van der Waals surface area contributed by atoms with Crippen LogP contribution in [0.4, 0.5) is 0 Å². The van der Waals surface area contributed by atoms with Gasteiger partial charge in [-0.3, -0.25) is 5.43 Å². The summed E-state index contributed by atoms with van der Waals surface area (Å²) in [4.78, 5) is 2.42. The molecule has 0 aromatic carbocycles. The molecule has 88 valence electrons. The third kappa shape index (κ3) is 3.72. The van der Waals surface area contributed by atoms with Crippen LogP contribution in [0.15, 0.2) is 0 Å². The molecule has 15 heavy (non-hydrogen) atoms. The van der Waals surface area contributed by atoms with Crippen LogP contribution in [0, 0.1) is 5.92 Å². The van der Waals surface area contributed by atoms with Gasteiger partial charge in [0.2, 0.25) is 0 Å². The monoisotopic (exact) mass is 213 g/mol. The second-order valence-corrected chi connectivity index (χ2v) is 4.71. The highest BCUT2D eigenvalue weighted by Crippen LogP contribution is 2.14. The van der Waals surface area contributed by atoms with Crippen LogP contribution in [0.3, 0.4) is 0 Å². The van der Waals surface area contributed by atoms with Gasteiger partial charge in [-0.2, -0.15) is 0 Å². The molecule has 0 unspecified atom stereocenters. The zero-order valence-corrected chi connectivity index (χ0v) is 9.74. The van der Waals surface area contributed by atoms with Crippen molar-refractivity contribution in [2.75, 3.05) is 53.0 Å². The van der Waals surface area contributed by atoms with E-state index in [0.29, 0.717) is 0 Å². The normalized spacial score (nSPS) is 27.0. The molecule has 2 fully saturated rings. The molecule has 0 aromatic rings. The van der Waals surface area contributed by atoms with Crippen LogP contribution in [-0.4, -0.2) is 62.9 Å². The minimum Gasteiger partial charge on any atom is -0.379 e. The molecule has 4 heteroatoms. The number of hydrogen-bond donors (Lipinski definition) is 1. The van der Waals surface area contributed by atoms with Crippen LogP contribution in [0.2, 0.25) is 0 Å². The summed E-state index contributed by atoms with van der Waals surface area (Å²) in [5, 5.41) is 2.31. The van der Waals surface area contributed by atoms with E-state index in [0.717, 1.165) is 38.8 Å². The van der Waals surface area contributed by atoms with Crippen LogP contribution in [0.5, 0.6) is 0 Å². The molecule has 2 heterocycles. The van der Waals surface area contributed by atoms with Gasteiger partial charge in [0.1, 0.15) is 0 Å². The Labute approximate surface area is 92.5 Å². The summed E-state index contributed by atoms with van der Waals surface area (Å²) >= 11 is 0. The fourth-order valence-corrected chi connectivity index (χ4v) is 2.25. The van der Waals surface area contributed by atoms with Crippen molar-refractivity contribution in [2.45, 2.75) is 12.8 Å². The van der Waals surface area contributed by atoms with Crippen molar-refractivity contribution < 1.29 is 4.74 Å². The molecule has 0 aliphatic carbocycles. The largest absolute Gasteiger partial charge is 0.379 e. The summed E-state index contributed by atoms with van der Waals surface area (Å²) in [6.45, 7) is 7.48. The summed E-state index contributed by atoms with van der Waals surface area (Å²) in [6, 6.07) is 0. The van der Waals surface area contributed by atoms with Crippen LogP contribution in [0.1, 0.15) is 12.8 Å². The van der Waals surface area contributed by atoms with E-state index < -0.39 is 0 Å². The number of ether oxygens (including phenoxy) is 1. The number of morpholine rings is 1. The van der Waals surface area contributed by atoms with E-state index in [1.807, 2.05) is 0 Å². The average molecular weight is 213 g/mol. The van der Waals surface area contributed by atoms with Gasteiger partial charge in [0.05, 0.1) is 13.2 Å². The van der Waals surface area contributed by atoms with Crippen LogP contribution in [-0.2, 0) is 4.74 Å². The smallest absolute Gasteiger partial charge is 0.0608 e. The van der Waals surface area contributed by atoms with Gasteiger partial charge in [-0.05, 0) is 38.9 Å². The van der Waals surface area contributed by atoms with E-state index in [1.54, 1.807) is 0 Å². The maximum atomic E-state index is 5.32. The number of hydrazine groups is 1. The first kappa shape index (κ1) is 11.3. The van der Waals surface area contributed by atoms with Gasteiger partial charge in [0.15, 0.2) is 0 Å². The first-order chi connectivity index (χ1) is 7.34. The zero-order chi connectivity index (χ0) is 10.5. The molecule has 2 aliphatic heterocycles. The lowest BCUT2D eigenvalue weighted by Crippen LogP contribution is -2.48. The Kier molecular flexibility index (Phi) is 4.38. The van der Waals surface area contributed by atoms with Crippen molar-refractivity contribution in [1.82, 2.24) is 15.3 Å². The van der Waals surface area contributed by atoms with Crippen molar-refractivity contribution >= 4 is 0 Å². The van der Waals surface area contributed by atoms with Gasteiger partial charge in [-0.1, -0.05) is 0 Å². The second-order valence-electron chi connectivity index (χ2n) is 4.71. The Balaban J connectivity index is 1.60. The first-order valence-electron chi connectivity index (χ1n) is 6.09. The van der Waals surface area contributed by atoms with E-state index >= 15 is 0 Å². The van der Waals surface area contributed by atoms with E-state index in [2.05, 4.69) is 22.4 Å². The van der Waals surface area contributed by atoms with E-state index in [-0.39, 0.29) is 0 Å². The predicted octanol–water partition coefficient (Wildman–Crippen LogP) is 0.165. The van der Waals surface area contributed by atoms with Crippen LogP contribution in [0.25, 0.3) is 0 Å². The Morgan fingerprint density at radius 2 is 1.80 bits per heavy atom. The molecule has 0 aromatic heterocycles. The molecule has 1 N–H and O–H groups in total. The fourth-order valence-electron chi connectivity index (χ4n) is 2.25. The van der Waals surface area contributed by atoms with Crippen LogP contribution < -0.4 is 5.43 Å². The molecule has 0 radical (unpaired) electrons. The highest BCUT2D eigenvalue weighted by atomic mass is 16.5. The molecule has 0 amide bonds. The molecule has 0 saturated carbocycles. The van der Waals surface area contributed by atoms with E-state index in [4.69, 9.17) is 4.74 Å². The zero-order valence-electron chi connectivity index (χ0n) is 9.74. The molecule has 2 saturated heterocycles. The number of rotatable bonds is 3. The molecule has 0 bridgehead atoms. The number of nitrogens with zero attached hydrogens (tertiary/aromatic N) is 2. The topological polar surface area (TPSA) is 27.7 Å². The summed E-state index contributed by atoms with van der Waals surface area (Å²) < 4.78 is 5.32. The highest BCUT2D eigenvalue weighted by Gasteiger charge is 2.17. The van der Waals surface area contributed by atoms with E-state index in [9.17, 15) is 0 Å². The molecular formula is C11H23N3O. The summed E-state index contributed by atoms with van der Waals surface area (Å²) in [5.41, 5.74) is 3.54. The third-order valence-corrected chi connectivity index (χ3v) is 3.45. The molecule has 0 spiro atoms. The van der Waals surface area contributed by atoms with Crippen molar-refractivity contribution in [1.29, 1.82) is 0 Å². The van der Waals surface area contributed by atoms with Crippen molar-refractivity contribution in [3.8, 4) is 0 Å². The van der Waals surface area contributed by atoms with Crippen molar-refractivity contribution in [3.05, 3.63) is 0 Å². The number of likely N-dealkylation sites (tertiary alicyclic amines) is 1. The third-order valence-electron chi connectivity index (χ3n) is 3.45. The SMILES string of the molecule is CN1CCC(CNN2CCOCC2)CC1. The Morgan fingerprint density at radius 3 is 2.47 bits per heavy atom. The van der Waals surface area contributed by atoms with Crippen molar-refractivity contribution in [3.63, 3.8) is 0 Å². The van der Waals surface area contributed by atoms with Gasteiger partial charge >= 0.3 is 0 Å². The van der Waals surface area contributed by atoms with Gasteiger partial charge in [0, 0.05) is 19.6 Å². The molecule has 4 nitrogen and oxygen atoms in total. The second kappa shape index (κ2) is 5.80. The average Bonchev–Trinajstić information content (AvgIpc) is 2.30. The van der Waals surface area contributed by atoms with Crippen LogP contribution >= 0.6 is 0 Å². The van der Waals surface area contributed by atoms with Gasteiger partial charge in [-0.15, -0.1) is 0 Å². The fraction of sp³-hybridized carbons (Fsp3) is 1.00. The maximum absolute atomic E-state index is 5.32. The molecule has 2 aliphatic rings. The van der Waals surface area contributed by atoms with Gasteiger partial charge in [0.25, 0.3) is 0 Å². The quantitative estimate of drug-likeness (QED) is 0.723. The lowest BCUT2D eigenvalue weighted by Gasteiger charge is -2.32. The maximum Gasteiger partial charge on any atom is 0.0608 e. The van der Waals surface area contributed by atoms with Gasteiger partial charge < -0.3 is 9.64 Å². The summed E-state index contributed by atoms with van der Waals surface area (Å²) in [6.07, 6.45) is 2.68. The van der Waals surface area contributed by atoms with Gasteiger partial charge in [-0.25, -0.2) is 5.01 Å². The predicted molar refractivity (Wildman–Crippen MR) is 60.6 cm³/mol.